The molecule has 284 valence electrons. The molecule has 2 atom stereocenters. The highest BCUT2D eigenvalue weighted by Crippen LogP contribution is 2.43. The Bertz CT molecular complexity index is 1090. The second kappa shape index (κ2) is 36.0. The molecule has 9 nitrogen and oxygen atoms in total. The van der Waals surface area contributed by atoms with Gasteiger partial charge in [0.25, 0.3) is 0 Å². The lowest BCUT2D eigenvalue weighted by Gasteiger charge is -2.19. The Balaban J connectivity index is 4.41. The molecule has 0 amide bonds. The maximum absolute atomic E-state index is 12.5. The van der Waals surface area contributed by atoms with Crippen molar-refractivity contribution in [1.29, 1.82) is 0 Å². The molecule has 0 radical (unpaired) electrons. The van der Waals surface area contributed by atoms with Gasteiger partial charge in [-0.3, -0.25) is 18.6 Å². The van der Waals surface area contributed by atoms with E-state index in [2.05, 4.69) is 44.2 Å². The average molecular weight is 720 g/mol. The van der Waals surface area contributed by atoms with Gasteiger partial charge in [-0.2, -0.15) is 0 Å². The lowest BCUT2D eigenvalue weighted by atomic mass is 10.1. The minimum absolute atomic E-state index is 0.0336. The predicted molar refractivity (Wildman–Crippen MR) is 205 cm³/mol. The largest absolute Gasteiger partial charge is 0.472 e. The standard InChI is InChI=1S/C40H66NO8P/c1-3-5-7-9-11-13-15-17-18-19-21-22-24-26-28-30-32-39(42)46-36-38(37-48-50(44,45)47-35-34-41)49-40(43)33-31-29-27-25-23-20-16-14-12-10-8-6-4-2/h6,8,10,12,14,16,18-23,25,27,38H,3-5,7,9,11,13,15,17,24,26,28-37,41H2,1-2H3,(H,44,45)/b8-6+,12-10+,16-14+,19-18+,22-21+,23-20+,27-25+. The summed E-state index contributed by atoms with van der Waals surface area (Å²) in [5, 5.41) is 0. The van der Waals surface area contributed by atoms with Crippen LogP contribution in [0.3, 0.4) is 0 Å². The van der Waals surface area contributed by atoms with Crippen LogP contribution in [0.5, 0.6) is 0 Å². The molecule has 0 aromatic rings. The average Bonchev–Trinajstić information content (AvgIpc) is 3.10. The summed E-state index contributed by atoms with van der Waals surface area (Å²) in [7, 11) is -4.40. The Hall–Kier alpha value is -2.81. The third-order valence-corrected chi connectivity index (χ3v) is 8.16. The van der Waals surface area contributed by atoms with Gasteiger partial charge in [-0.25, -0.2) is 4.57 Å². The van der Waals surface area contributed by atoms with Crippen molar-refractivity contribution in [3.05, 3.63) is 85.1 Å². The minimum atomic E-state index is -4.40. The Labute approximate surface area is 303 Å². The van der Waals surface area contributed by atoms with Crippen LogP contribution in [-0.2, 0) is 32.7 Å². The Morgan fingerprint density at radius 1 is 0.620 bits per heavy atom. The van der Waals surface area contributed by atoms with Crippen LogP contribution >= 0.6 is 7.82 Å². The van der Waals surface area contributed by atoms with Crippen LogP contribution < -0.4 is 5.73 Å². The van der Waals surface area contributed by atoms with E-state index in [-0.39, 0.29) is 32.6 Å². The number of phosphoric ester groups is 1. The number of hydrogen-bond acceptors (Lipinski definition) is 8. The van der Waals surface area contributed by atoms with E-state index >= 15 is 0 Å². The molecule has 0 aliphatic rings. The highest BCUT2D eigenvalue weighted by Gasteiger charge is 2.25. The quantitative estimate of drug-likeness (QED) is 0.0294. The van der Waals surface area contributed by atoms with Gasteiger partial charge in [0.1, 0.15) is 6.61 Å². The number of carbonyl (C=O) groups excluding carboxylic acids is 2. The van der Waals surface area contributed by atoms with Crippen LogP contribution in [-0.4, -0.2) is 49.3 Å². The number of carbonyl (C=O) groups is 2. The molecule has 0 aromatic heterocycles. The van der Waals surface area contributed by atoms with Gasteiger partial charge < -0.3 is 20.1 Å². The number of phosphoric acid groups is 1. The van der Waals surface area contributed by atoms with Crippen molar-refractivity contribution in [2.75, 3.05) is 26.4 Å². The topological polar surface area (TPSA) is 134 Å². The van der Waals surface area contributed by atoms with Gasteiger partial charge in [0, 0.05) is 19.4 Å². The molecule has 3 N–H and O–H groups in total. The summed E-state index contributed by atoms with van der Waals surface area (Å²) in [5.74, 6) is -0.958. The van der Waals surface area contributed by atoms with Crippen LogP contribution in [0.4, 0.5) is 0 Å². The van der Waals surface area contributed by atoms with E-state index in [1.165, 1.54) is 44.9 Å². The molecule has 0 fully saturated rings. The molecular weight excluding hydrogens is 653 g/mol. The molecule has 0 saturated carbocycles. The Morgan fingerprint density at radius 2 is 1.12 bits per heavy atom. The zero-order chi connectivity index (χ0) is 36.8. The van der Waals surface area contributed by atoms with Crippen LogP contribution in [0.2, 0.25) is 0 Å². The summed E-state index contributed by atoms with van der Waals surface area (Å²) in [4.78, 5) is 34.6. The van der Waals surface area contributed by atoms with E-state index in [1.807, 2.05) is 54.7 Å². The van der Waals surface area contributed by atoms with Crippen LogP contribution in [0, 0.1) is 0 Å². The number of ether oxygens (including phenoxy) is 2. The normalized spacial score (nSPS) is 14.4. The molecule has 0 rings (SSSR count). The first kappa shape index (κ1) is 47.2. The molecule has 0 aromatic carbocycles. The van der Waals surface area contributed by atoms with E-state index in [0.717, 1.165) is 32.1 Å². The first-order valence-corrected chi connectivity index (χ1v) is 20.1. The van der Waals surface area contributed by atoms with E-state index in [0.29, 0.717) is 19.3 Å². The molecule has 2 unspecified atom stereocenters. The highest BCUT2D eigenvalue weighted by atomic mass is 31.2. The van der Waals surface area contributed by atoms with Crippen molar-refractivity contribution in [3.8, 4) is 0 Å². The van der Waals surface area contributed by atoms with Crippen molar-refractivity contribution in [2.45, 2.75) is 129 Å². The van der Waals surface area contributed by atoms with Gasteiger partial charge in [-0.1, -0.05) is 144 Å². The summed E-state index contributed by atoms with van der Waals surface area (Å²) < 4.78 is 32.5. The van der Waals surface area contributed by atoms with Gasteiger partial charge in [-0.15, -0.1) is 0 Å². The fourth-order valence-corrected chi connectivity index (χ4v) is 5.18. The number of hydrogen-bond donors (Lipinski definition) is 2. The van der Waals surface area contributed by atoms with Crippen LogP contribution in [0.1, 0.15) is 123 Å². The van der Waals surface area contributed by atoms with Gasteiger partial charge in [0.15, 0.2) is 6.10 Å². The third-order valence-electron chi connectivity index (χ3n) is 7.17. The van der Waals surface area contributed by atoms with Gasteiger partial charge in [0.2, 0.25) is 0 Å². The highest BCUT2D eigenvalue weighted by molar-refractivity contribution is 7.47. The number of esters is 2. The van der Waals surface area contributed by atoms with Crippen molar-refractivity contribution in [3.63, 3.8) is 0 Å². The van der Waals surface area contributed by atoms with Gasteiger partial charge >= 0.3 is 19.8 Å². The van der Waals surface area contributed by atoms with Crippen molar-refractivity contribution in [2.24, 2.45) is 5.73 Å². The molecule has 0 spiro atoms. The summed E-state index contributed by atoms with van der Waals surface area (Å²) in [6, 6.07) is 0. The maximum Gasteiger partial charge on any atom is 0.472 e. The number of unbranched alkanes of at least 4 members (excludes halogenated alkanes) is 11. The zero-order valence-corrected chi connectivity index (χ0v) is 31.7. The van der Waals surface area contributed by atoms with Crippen molar-refractivity contribution in [1.82, 2.24) is 0 Å². The molecule has 0 saturated heterocycles. The summed E-state index contributed by atoms with van der Waals surface area (Å²) in [5.41, 5.74) is 5.32. The smallest absolute Gasteiger partial charge is 0.462 e. The first-order chi connectivity index (χ1) is 24.3. The molecule has 0 aliphatic carbocycles. The fourth-order valence-electron chi connectivity index (χ4n) is 4.42. The lowest BCUT2D eigenvalue weighted by Crippen LogP contribution is -2.29. The van der Waals surface area contributed by atoms with Crippen LogP contribution in [0.15, 0.2) is 85.1 Å². The lowest BCUT2D eigenvalue weighted by molar-refractivity contribution is -0.161. The van der Waals surface area contributed by atoms with E-state index in [9.17, 15) is 19.0 Å². The zero-order valence-electron chi connectivity index (χ0n) is 30.8. The molecule has 0 heterocycles. The molecule has 50 heavy (non-hydrogen) atoms. The van der Waals surface area contributed by atoms with E-state index in [1.54, 1.807) is 0 Å². The first-order valence-electron chi connectivity index (χ1n) is 18.6. The van der Waals surface area contributed by atoms with E-state index in [4.69, 9.17) is 24.3 Å². The second-order valence-corrected chi connectivity index (χ2v) is 13.3. The number of nitrogens with two attached hydrogens (primary N) is 1. The van der Waals surface area contributed by atoms with Crippen molar-refractivity contribution >= 4 is 19.8 Å². The number of allylic oxidation sites excluding steroid dienone is 14. The molecular formula is C40H66NO8P. The molecule has 10 heteroatoms. The SMILES string of the molecule is CC/C=C/C=C/C=C/C=C/C=C/CCCC(=O)OC(COC(=O)CCCCC/C=C/C=C/CCCCCCCCC)COP(=O)(O)OCCN. The van der Waals surface area contributed by atoms with E-state index < -0.39 is 32.5 Å². The van der Waals surface area contributed by atoms with Gasteiger partial charge in [-0.05, 0) is 51.4 Å². The Morgan fingerprint density at radius 3 is 1.72 bits per heavy atom. The third kappa shape index (κ3) is 35.0. The summed E-state index contributed by atoms with van der Waals surface area (Å²) >= 11 is 0. The van der Waals surface area contributed by atoms with Crippen LogP contribution in [0.25, 0.3) is 0 Å². The van der Waals surface area contributed by atoms with Gasteiger partial charge in [0.05, 0.1) is 13.2 Å². The minimum Gasteiger partial charge on any atom is -0.462 e. The number of rotatable bonds is 33. The maximum atomic E-state index is 12.5. The molecule has 0 bridgehead atoms. The Kier molecular flexibility index (Phi) is 34.0. The predicted octanol–water partition coefficient (Wildman–Crippen LogP) is 10.1. The monoisotopic (exact) mass is 719 g/mol. The fraction of sp³-hybridized carbons (Fsp3) is 0.600. The second-order valence-electron chi connectivity index (χ2n) is 11.9. The summed E-state index contributed by atoms with van der Waals surface area (Å²) in [6.45, 7) is 3.42. The molecule has 0 aliphatic heterocycles. The summed E-state index contributed by atoms with van der Waals surface area (Å²) in [6.07, 6.45) is 43.5. The van der Waals surface area contributed by atoms with Crippen molar-refractivity contribution < 1.29 is 37.6 Å².